The molecule has 0 aliphatic carbocycles. The number of anilines is 3. The first-order valence-corrected chi connectivity index (χ1v) is 13.5. The molecule has 3 heterocycles. The number of rotatable bonds is 10. The molecule has 2 aromatic carbocycles. The smallest absolute Gasteiger partial charge is 0.229 e. The first kappa shape index (κ1) is 26.7. The average molecular weight is 533 g/mol. The summed E-state index contributed by atoms with van der Waals surface area (Å²) in [6.07, 6.45) is 1.64. The molecule has 1 N–H and O–H groups in total. The van der Waals surface area contributed by atoms with Crippen LogP contribution in [0.25, 0.3) is 0 Å². The summed E-state index contributed by atoms with van der Waals surface area (Å²) in [6.45, 7) is 10.3. The molecule has 10 nitrogen and oxygen atoms in total. The molecular formula is C29H36N6O4. The first-order valence-electron chi connectivity index (χ1n) is 13.5. The van der Waals surface area contributed by atoms with E-state index in [-0.39, 0.29) is 6.10 Å². The minimum Gasteiger partial charge on any atom is -0.490 e. The fourth-order valence-corrected chi connectivity index (χ4v) is 4.46. The number of aromatic nitrogens is 2. The van der Waals surface area contributed by atoms with Crippen molar-refractivity contribution < 1.29 is 18.9 Å². The molecule has 0 radical (unpaired) electrons. The number of hydrazone groups is 1. The molecule has 2 aliphatic rings. The second kappa shape index (κ2) is 13.3. The van der Waals surface area contributed by atoms with E-state index in [1.807, 2.05) is 56.3 Å². The maximum atomic E-state index is 6.23. The van der Waals surface area contributed by atoms with Crippen LogP contribution in [0.15, 0.2) is 59.7 Å². The number of morpholine rings is 2. The Bertz CT molecular complexity index is 1190. The average Bonchev–Trinajstić information content (AvgIpc) is 3.00. The molecular weight excluding hydrogens is 496 g/mol. The van der Waals surface area contributed by atoms with Gasteiger partial charge in [0, 0.05) is 32.2 Å². The van der Waals surface area contributed by atoms with Crippen molar-refractivity contribution in [1.29, 1.82) is 0 Å². The third-order valence-corrected chi connectivity index (χ3v) is 6.56. The SMILES string of the molecule is CCOc1cc(/C=N\Nc2cc(N3CCOCC3)nc(N3CCOCC3)n2)ccc1O[C@H](C)c1ccccc1. The second-order valence-electron chi connectivity index (χ2n) is 9.29. The molecule has 1 aromatic heterocycles. The normalized spacial score (nSPS) is 16.8. The molecule has 39 heavy (non-hydrogen) atoms. The van der Waals surface area contributed by atoms with Gasteiger partial charge in [-0.3, -0.25) is 5.43 Å². The zero-order chi connectivity index (χ0) is 26.9. The van der Waals surface area contributed by atoms with Crippen LogP contribution in [-0.2, 0) is 9.47 Å². The summed E-state index contributed by atoms with van der Waals surface area (Å²) in [7, 11) is 0. The van der Waals surface area contributed by atoms with Crippen LogP contribution < -0.4 is 24.7 Å². The lowest BCUT2D eigenvalue weighted by Crippen LogP contribution is -2.39. The van der Waals surface area contributed by atoms with Gasteiger partial charge in [0.15, 0.2) is 17.3 Å². The topological polar surface area (TPSA) is 93.6 Å². The summed E-state index contributed by atoms with van der Waals surface area (Å²) in [6, 6.07) is 17.9. The summed E-state index contributed by atoms with van der Waals surface area (Å²) >= 11 is 0. The summed E-state index contributed by atoms with van der Waals surface area (Å²) in [5.74, 6) is 3.54. The molecule has 0 amide bonds. The van der Waals surface area contributed by atoms with Crippen LogP contribution in [-0.4, -0.2) is 75.4 Å². The highest BCUT2D eigenvalue weighted by Crippen LogP contribution is 2.32. The van der Waals surface area contributed by atoms with Crippen LogP contribution in [0.4, 0.5) is 17.6 Å². The van der Waals surface area contributed by atoms with Crippen molar-refractivity contribution in [1.82, 2.24) is 9.97 Å². The largest absolute Gasteiger partial charge is 0.490 e. The van der Waals surface area contributed by atoms with Crippen molar-refractivity contribution in [2.45, 2.75) is 20.0 Å². The van der Waals surface area contributed by atoms with Crippen molar-refractivity contribution >= 4 is 23.8 Å². The van der Waals surface area contributed by atoms with Gasteiger partial charge in [-0.1, -0.05) is 30.3 Å². The molecule has 0 unspecified atom stereocenters. The van der Waals surface area contributed by atoms with Gasteiger partial charge >= 0.3 is 0 Å². The minimum atomic E-state index is -0.106. The number of nitrogens with one attached hydrogen (secondary N) is 1. The molecule has 2 saturated heterocycles. The zero-order valence-electron chi connectivity index (χ0n) is 22.6. The van der Waals surface area contributed by atoms with E-state index in [0.29, 0.717) is 56.3 Å². The van der Waals surface area contributed by atoms with Crippen molar-refractivity contribution in [2.75, 3.05) is 74.4 Å². The Balaban J connectivity index is 1.31. The molecule has 2 aliphatic heterocycles. The van der Waals surface area contributed by atoms with Crippen molar-refractivity contribution in [3.8, 4) is 11.5 Å². The lowest BCUT2D eigenvalue weighted by atomic mass is 10.1. The van der Waals surface area contributed by atoms with E-state index < -0.39 is 0 Å². The van der Waals surface area contributed by atoms with Gasteiger partial charge in [0.1, 0.15) is 11.9 Å². The predicted molar refractivity (Wildman–Crippen MR) is 152 cm³/mol. The van der Waals surface area contributed by atoms with E-state index in [9.17, 15) is 0 Å². The minimum absolute atomic E-state index is 0.106. The third-order valence-electron chi connectivity index (χ3n) is 6.56. The Morgan fingerprint density at radius 2 is 1.64 bits per heavy atom. The third kappa shape index (κ3) is 7.15. The molecule has 1 atom stereocenters. The highest BCUT2D eigenvalue weighted by Gasteiger charge is 2.19. The Morgan fingerprint density at radius 3 is 2.36 bits per heavy atom. The molecule has 0 bridgehead atoms. The van der Waals surface area contributed by atoms with Crippen LogP contribution in [0.1, 0.15) is 31.1 Å². The molecule has 2 fully saturated rings. The summed E-state index contributed by atoms with van der Waals surface area (Å²) in [5, 5.41) is 4.48. The Kier molecular flexibility index (Phi) is 9.08. The van der Waals surface area contributed by atoms with E-state index in [1.54, 1.807) is 6.21 Å². The van der Waals surface area contributed by atoms with Gasteiger partial charge in [-0.15, -0.1) is 0 Å². The van der Waals surface area contributed by atoms with Gasteiger partial charge in [-0.05, 0) is 43.2 Å². The number of ether oxygens (including phenoxy) is 4. The van der Waals surface area contributed by atoms with Gasteiger partial charge < -0.3 is 28.7 Å². The highest BCUT2D eigenvalue weighted by molar-refractivity contribution is 5.81. The van der Waals surface area contributed by atoms with E-state index in [4.69, 9.17) is 28.9 Å². The number of hydrogen-bond donors (Lipinski definition) is 1. The number of nitrogens with zero attached hydrogens (tertiary/aromatic N) is 5. The van der Waals surface area contributed by atoms with Gasteiger partial charge in [0.05, 0.1) is 39.2 Å². The molecule has 206 valence electrons. The fourth-order valence-electron chi connectivity index (χ4n) is 4.46. The van der Waals surface area contributed by atoms with Crippen LogP contribution in [0.2, 0.25) is 0 Å². The lowest BCUT2D eigenvalue weighted by Gasteiger charge is -2.31. The predicted octanol–water partition coefficient (Wildman–Crippen LogP) is 4.13. The molecule has 0 saturated carbocycles. The van der Waals surface area contributed by atoms with Gasteiger partial charge in [0.2, 0.25) is 5.95 Å². The van der Waals surface area contributed by atoms with Crippen molar-refractivity contribution in [3.63, 3.8) is 0 Å². The highest BCUT2D eigenvalue weighted by atomic mass is 16.5. The number of hydrogen-bond acceptors (Lipinski definition) is 10. The number of benzene rings is 2. The maximum absolute atomic E-state index is 6.23. The molecule has 0 spiro atoms. The molecule has 3 aromatic rings. The summed E-state index contributed by atoms with van der Waals surface area (Å²) < 4.78 is 23.1. The summed E-state index contributed by atoms with van der Waals surface area (Å²) in [4.78, 5) is 13.9. The van der Waals surface area contributed by atoms with Crippen molar-refractivity contribution in [2.24, 2.45) is 5.10 Å². The zero-order valence-corrected chi connectivity index (χ0v) is 22.6. The van der Waals surface area contributed by atoms with E-state index in [2.05, 4.69) is 32.5 Å². The van der Waals surface area contributed by atoms with Crippen molar-refractivity contribution in [3.05, 3.63) is 65.7 Å². The van der Waals surface area contributed by atoms with Crippen LogP contribution in [0, 0.1) is 0 Å². The second-order valence-corrected chi connectivity index (χ2v) is 9.29. The lowest BCUT2D eigenvalue weighted by molar-refractivity contribution is 0.121. The molecule has 5 rings (SSSR count). The van der Waals surface area contributed by atoms with Gasteiger partial charge in [-0.2, -0.15) is 15.1 Å². The van der Waals surface area contributed by atoms with Crippen LogP contribution >= 0.6 is 0 Å². The van der Waals surface area contributed by atoms with Gasteiger partial charge in [-0.25, -0.2) is 0 Å². The monoisotopic (exact) mass is 532 g/mol. The van der Waals surface area contributed by atoms with Crippen LogP contribution in [0.5, 0.6) is 11.5 Å². The fraction of sp³-hybridized carbons (Fsp3) is 0.414. The van der Waals surface area contributed by atoms with Gasteiger partial charge in [0.25, 0.3) is 0 Å². The standard InChI is InChI=1S/C29H36N6O4/c1-3-38-26-19-23(9-10-25(26)39-22(2)24-7-5-4-6-8-24)21-30-33-27-20-28(34-11-15-36-16-12-34)32-29(31-27)35-13-17-37-18-14-35/h4-10,19-22H,3,11-18H2,1-2H3,(H,31,32,33)/b30-21-/t22-/m1/s1. The van der Waals surface area contributed by atoms with Crippen LogP contribution in [0.3, 0.4) is 0 Å². The Morgan fingerprint density at radius 1 is 0.923 bits per heavy atom. The Hall–Kier alpha value is -3.89. The quantitative estimate of drug-likeness (QED) is 0.305. The van der Waals surface area contributed by atoms with E-state index in [0.717, 1.165) is 43.1 Å². The summed E-state index contributed by atoms with van der Waals surface area (Å²) in [5.41, 5.74) is 5.08. The Labute approximate surface area is 229 Å². The molecule has 10 heteroatoms. The van der Waals surface area contributed by atoms with E-state index in [1.165, 1.54) is 0 Å². The van der Waals surface area contributed by atoms with E-state index >= 15 is 0 Å². The first-order chi connectivity index (χ1) is 19.2. The maximum Gasteiger partial charge on any atom is 0.229 e.